The van der Waals surface area contributed by atoms with Crippen molar-refractivity contribution in [2.24, 2.45) is 4.99 Å². The van der Waals surface area contributed by atoms with Crippen LogP contribution in [0.15, 0.2) is 70.2 Å². The predicted octanol–water partition coefficient (Wildman–Crippen LogP) is 4.73. The van der Waals surface area contributed by atoms with Crippen LogP contribution in [0.4, 0.5) is 11.4 Å². The molecule has 2 N–H and O–H groups in total. The Hall–Kier alpha value is -3.24. The van der Waals surface area contributed by atoms with E-state index in [1.807, 2.05) is 36.4 Å². The minimum absolute atomic E-state index is 0.116. The molecular weight excluding hydrogens is 521 g/mol. The van der Waals surface area contributed by atoms with Crippen LogP contribution in [0.3, 0.4) is 0 Å². The van der Waals surface area contributed by atoms with Crippen molar-refractivity contribution in [1.29, 1.82) is 0 Å². The fourth-order valence-corrected chi connectivity index (χ4v) is 3.58. The number of anilines is 1. The molecule has 8 heteroatoms. The highest BCUT2D eigenvalue weighted by Crippen LogP contribution is 2.27. The maximum atomic E-state index is 13.3. The van der Waals surface area contributed by atoms with E-state index in [-0.39, 0.29) is 23.6 Å². The van der Waals surface area contributed by atoms with E-state index >= 15 is 0 Å². The second-order valence-corrected chi connectivity index (χ2v) is 8.23. The van der Waals surface area contributed by atoms with Crippen molar-refractivity contribution in [3.05, 3.63) is 86.7 Å². The molecule has 0 radical (unpaired) electrons. The normalized spacial score (nSPS) is 11.6. The number of hydrogen-bond acceptors (Lipinski definition) is 6. The lowest BCUT2D eigenvalue weighted by molar-refractivity contribution is 0.102. The lowest BCUT2D eigenvalue weighted by Crippen LogP contribution is -2.22. The van der Waals surface area contributed by atoms with Crippen LogP contribution in [0.1, 0.15) is 21.6 Å². The van der Waals surface area contributed by atoms with Gasteiger partial charge in [-0.2, -0.15) is 0 Å². The van der Waals surface area contributed by atoms with Crippen LogP contribution in [-0.2, 0) is 6.61 Å². The van der Waals surface area contributed by atoms with Crippen LogP contribution >= 0.6 is 22.6 Å². The number of rotatable bonds is 5. The molecule has 2 aromatic heterocycles. The van der Waals surface area contributed by atoms with Crippen molar-refractivity contribution < 1.29 is 19.1 Å². The summed E-state index contributed by atoms with van der Waals surface area (Å²) < 4.78 is 12.5. The lowest BCUT2D eigenvalue weighted by atomic mass is 10.1. The number of aryl methyl sites for hydroxylation is 1. The van der Waals surface area contributed by atoms with Crippen molar-refractivity contribution >= 4 is 50.8 Å². The number of methoxy groups -OCH3 is 1. The standard InChI is InChI=1S/C24H20IN3O4/c1-14-22-18(15(13-29)12-26-14)11-19(23(30)27-17-9-7-16(25)8-10-17)24(32-22)28-20-5-3-4-6-21(20)31-2/h3-12,29H,13H2,1-2H3,(H,27,30). The van der Waals surface area contributed by atoms with E-state index in [0.29, 0.717) is 39.4 Å². The van der Waals surface area contributed by atoms with Gasteiger partial charge in [-0.05, 0) is 72.0 Å². The highest BCUT2D eigenvalue weighted by atomic mass is 127. The van der Waals surface area contributed by atoms with E-state index in [4.69, 9.17) is 9.15 Å². The minimum atomic E-state index is -0.385. The summed E-state index contributed by atoms with van der Waals surface area (Å²) in [5, 5.41) is 13.3. The molecule has 4 rings (SSSR count). The molecule has 4 aromatic rings. The Morgan fingerprint density at radius 3 is 2.69 bits per heavy atom. The van der Waals surface area contributed by atoms with Crippen molar-refractivity contribution in [2.75, 3.05) is 12.4 Å². The summed E-state index contributed by atoms with van der Waals surface area (Å²) in [5.41, 5.74) is 3.14. The Morgan fingerprint density at radius 1 is 1.22 bits per heavy atom. The number of fused-ring (bicyclic) bond motifs is 1. The largest absolute Gasteiger partial charge is 0.494 e. The molecule has 162 valence electrons. The predicted molar refractivity (Wildman–Crippen MR) is 130 cm³/mol. The molecule has 0 aliphatic heterocycles. The minimum Gasteiger partial charge on any atom is -0.494 e. The average molecular weight is 541 g/mol. The zero-order chi connectivity index (χ0) is 22.7. The third-order valence-corrected chi connectivity index (χ3v) is 5.59. The summed E-state index contributed by atoms with van der Waals surface area (Å²) in [6.07, 6.45) is 1.57. The first kappa shape index (κ1) is 22.0. The fourth-order valence-electron chi connectivity index (χ4n) is 3.22. The summed E-state index contributed by atoms with van der Waals surface area (Å²) in [6, 6.07) is 16.3. The number of carbonyl (C=O) groups excluding carboxylic acids is 1. The molecule has 0 bridgehead atoms. The summed E-state index contributed by atoms with van der Waals surface area (Å²) in [6.45, 7) is 1.56. The third kappa shape index (κ3) is 4.51. The first-order valence-corrected chi connectivity index (χ1v) is 10.9. The first-order chi connectivity index (χ1) is 15.5. The summed E-state index contributed by atoms with van der Waals surface area (Å²) in [5.74, 6) is 0.162. The van der Waals surface area contributed by atoms with Gasteiger partial charge in [0.25, 0.3) is 5.91 Å². The average Bonchev–Trinajstić information content (AvgIpc) is 2.81. The molecule has 2 heterocycles. The topological polar surface area (TPSA) is 97.0 Å². The second-order valence-electron chi connectivity index (χ2n) is 6.98. The van der Waals surface area contributed by atoms with Gasteiger partial charge in [-0.3, -0.25) is 9.78 Å². The molecule has 0 saturated carbocycles. The van der Waals surface area contributed by atoms with E-state index in [1.54, 1.807) is 38.4 Å². The van der Waals surface area contributed by atoms with Gasteiger partial charge >= 0.3 is 0 Å². The number of ether oxygens (including phenoxy) is 1. The van der Waals surface area contributed by atoms with Crippen LogP contribution in [0.2, 0.25) is 0 Å². The van der Waals surface area contributed by atoms with Crippen molar-refractivity contribution in [3.63, 3.8) is 0 Å². The number of benzene rings is 2. The van der Waals surface area contributed by atoms with Gasteiger partial charge in [-0.25, -0.2) is 4.99 Å². The smallest absolute Gasteiger partial charge is 0.261 e. The van der Waals surface area contributed by atoms with Crippen LogP contribution in [0.5, 0.6) is 5.75 Å². The molecular formula is C24H20IN3O4. The van der Waals surface area contributed by atoms with Gasteiger partial charge in [0.15, 0.2) is 5.58 Å². The van der Waals surface area contributed by atoms with E-state index in [1.165, 1.54) is 0 Å². The number of carbonyl (C=O) groups is 1. The zero-order valence-electron chi connectivity index (χ0n) is 17.4. The number of nitrogens with one attached hydrogen (secondary N) is 1. The van der Waals surface area contributed by atoms with Crippen molar-refractivity contribution in [2.45, 2.75) is 13.5 Å². The van der Waals surface area contributed by atoms with Gasteiger partial charge in [-0.15, -0.1) is 0 Å². The van der Waals surface area contributed by atoms with Gasteiger partial charge in [0.1, 0.15) is 17.0 Å². The van der Waals surface area contributed by atoms with Gasteiger partial charge in [0, 0.05) is 26.4 Å². The number of nitrogens with zero attached hydrogens (tertiary/aromatic N) is 2. The number of hydrogen-bond donors (Lipinski definition) is 2. The monoisotopic (exact) mass is 541 g/mol. The maximum Gasteiger partial charge on any atom is 0.261 e. The molecule has 0 fully saturated rings. The number of amides is 1. The number of aromatic nitrogens is 1. The Balaban J connectivity index is 1.94. The molecule has 7 nitrogen and oxygen atoms in total. The van der Waals surface area contributed by atoms with Gasteiger partial charge < -0.3 is 19.6 Å². The summed E-state index contributed by atoms with van der Waals surface area (Å²) in [7, 11) is 1.55. The van der Waals surface area contributed by atoms with E-state index in [0.717, 1.165) is 3.57 Å². The first-order valence-electron chi connectivity index (χ1n) is 9.78. The third-order valence-electron chi connectivity index (χ3n) is 4.88. The molecule has 0 atom stereocenters. The number of aliphatic hydroxyl groups is 1. The van der Waals surface area contributed by atoms with Gasteiger partial charge in [0.05, 0.1) is 19.4 Å². The number of aliphatic hydroxyl groups excluding tert-OH is 1. The molecule has 0 spiro atoms. The van der Waals surface area contributed by atoms with Crippen LogP contribution in [0, 0.1) is 10.5 Å². The van der Waals surface area contributed by atoms with Crippen LogP contribution < -0.4 is 15.6 Å². The maximum absolute atomic E-state index is 13.3. The fraction of sp³-hybridized carbons (Fsp3) is 0.125. The molecule has 0 saturated heterocycles. The van der Waals surface area contributed by atoms with Crippen molar-refractivity contribution in [1.82, 2.24) is 4.98 Å². The molecule has 1 amide bonds. The lowest BCUT2D eigenvalue weighted by Gasteiger charge is -2.10. The van der Waals surface area contributed by atoms with E-state index in [2.05, 4.69) is 37.9 Å². The zero-order valence-corrected chi connectivity index (χ0v) is 19.6. The summed E-state index contributed by atoms with van der Waals surface area (Å²) >= 11 is 2.20. The number of para-hydroxylation sites is 2. The van der Waals surface area contributed by atoms with Crippen LogP contribution in [-0.4, -0.2) is 23.1 Å². The van der Waals surface area contributed by atoms with Crippen molar-refractivity contribution in [3.8, 4) is 5.75 Å². The Morgan fingerprint density at radius 2 is 1.97 bits per heavy atom. The Bertz CT molecular complexity index is 1360. The number of halogens is 1. The quantitative estimate of drug-likeness (QED) is 0.357. The molecule has 32 heavy (non-hydrogen) atoms. The number of pyridine rings is 1. The highest BCUT2D eigenvalue weighted by Gasteiger charge is 2.17. The van der Waals surface area contributed by atoms with Gasteiger partial charge in [-0.1, -0.05) is 12.1 Å². The van der Waals surface area contributed by atoms with Crippen LogP contribution in [0.25, 0.3) is 11.0 Å². The Kier molecular flexibility index (Phi) is 6.52. The molecule has 0 unspecified atom stereocenters. The van der Waals surface area contributed by atoms with E-state index < -0.39 is 0 Å². The summed E-state index contributed by atoms with van der Waals surface area (Å²) in [4.78, 5) is 22.1. The van der Waals surface area contributed by atoms with E-state index in [9.17, 15) is 9.90 Å². The highest BCUT2D eigenvalue weighted by molar-refractivity contribution is 14.1. The molecule has 2 aromatic carbocycles. The molecule has 0 aliphatic rings. The van der Waals surface area contributed by atoms with Gasteiger partial charge in [0.2, 0.25) is 5.55 Å². The Labute approximate surface area is 197 Å². The molecule has 0 aliphatic carbocycles. The second kappa shape index (κ2) is 9.49. The SMILES string of the molecule is COc1ccccc1N=c1oc2c(C)ncc(CO)c2cc1C(=O)Nc1ccc(I)cc1.